The summed E-state index contributed by atoms with van der Waals surface area (Å²) in [6.07, 6.45) is 3.70. The Morgan fingerprint density at radius 2 is 2.24 bits per heavy atom. The Labute approximate surface area is 104 Å². The number of nitrogens with one attached hydrogen (secondary N) is 1. The molecule has 2 nitrogen and oxygen atoms in total. The van der Waals surface area contributed by atoms with Crippen molar-refractivity contribution in [3.63, 3.8) is 0 Å². The SMILES string of the molecule is CNC1CCCc2cc(OCC(C)C)ccc21. The average Bonchev–Trinajstić information content (AvgIpc) is 2.35. The van der Waals surface area contributed by atoms with Gasteiger partial charge in [-0.1, -0.05) is 19.9 Å². The molecule has 0 radical (unpaired) electrons. The second-order valence-electron chi connectivity index (χ2n) is 5.30. The lowest BCUT2D eigenvalue weighted by Crippen LogP contribution is -2.21. The van der Waals surface area contributed by atoms with E-state index >= 15 is 0 Å². The maximum Gasteiger partial charge on any atom is 0.119 e. The van der Waals surface area contributed by atoms with E-state index in [1.807, 2.05) is 7.05 Å². The fourth-order valence-corrected chi connectivity index (χ4v) is 2.44. The molecule has 1 unspecified atom stereocenters. The Bertz CT molecular complexity index is 373. The molecule has 0 fully saturated rings. The summed E-state index contributed by atoms with van der Waals surface area (Å²) in [6.45, 7) is 5.15. The van der Waals surface area contributed by atoms with Crippen LogP contribution in [0.3, 0.4) is 0 Å². The van der Waals surface area contributed by atoms with Crippen molar-refractivity contribution in [2.45, 2.75) is 39.2 Å². The lowest BCUT2D eigenvalue weighted by Gasteiger charge is -2.25. The van der Waals surface area contributed by atoms with Crippen molar-refractivity contribution >= 4 is 0 Å². The molecule has 0 amide bonds. The fraction of sp³-hybridized carbons (Fsp3) is 0.600. The molecule has 0 bridgehead atoms. The zero-order valence-corrected chi connectivity index (χ0v) is 11.1. The molecule has 1 N–H and O–H groups in total. The number of fused-ring (bicyclic) bond motifs is 1. The smallest absolute Gasteiger partial charge is 0.119 e. The van der Waals surface area contributed by atoms with E-state index in [1.54, 1.807) is 0 Å². The first kappa shape index (κ1) is 12.4. The quantitative estimate of drug-likeness (QED) is 0.861. The molecule has 1 aromatic rings. The van der Waals surface area contributed by atoms with Crippen LogP contribution in [0.5, 0.6) is 5.75 Å². The van der Waals surface area contributed by atoms with Crippen LogP contribution in [0, 0.1) is 5.92 Å². The minimum absolute atomic E-state index is 0.526. The highest BCUT2D eigenvalue weighted by atomic mass is 16.5. The van der Waals surface area contributed by atoms with Crippen LogP contribution in [0.4, 0.5) is 0 Å². The van der Waals surface area contributed by atoms with E-state index in [-0.39, 0.29) is 0 Å². The summed E-state index contributed by atoms with van der Waals surface area (Å²) < 4.78 is 5.78. The summed E-state index contributed by atoms with van der Waals surface area (Å²) in [4.78, 5) is 0. The lowest BCUT2D eigenvalue weighted by atomic mass is 9.87. The molecule has 0 saturated carbocycles. The summed E-state index contributed by atoms with van der Waals surface area (Å²) in [5, 5.41) is 3.39. The van der Waals surface area contributed by atoms with Gasteiger partial charge in [-0.25, -0.2) is 0 Å². The van der Waals surface area contributed by atoms with Crippen molar-refractivity contribution < 1.29 is 4.74 Å². The molecule has 1 aliphatic carbocycles. The van der Waals surface area contributed by atoms with Crippen LogP contribution in [0.25, 0.3) is 0 Å². The zero-order chi connectivity index (χ0) is 12.3. The van der Waals surface area contributed by atoms with Crippen molar-refractivity contribution in [2.75, 3.05) is 13.7 Å². The third kappa shape index (κ3) is 3.01. The van der Waals surface area contributed by atoms with Crippen molar-refractivity contribution in [1.82, 2.24) is 5.32 Å². The van der Waals surface area contributed by atoms with E-state index < -0.39 is 0 Å². The number of hydrogen-bond acceptors (Lipinski definition) is 2. The van der Waals surface area contributed by atoms with E-state index in [0.29, 0.717) is 12.0 Å². The molecule has 1 aromatic carbocycles. The third-order valence-electron chi connectivity index (χ3n) is 3.36. The van der Waals surface area contributed by atoms with Gasteiger partial charge in [-0.15, -0.1) is 0 Å². The van der Waals surface area contributed by atoms with Crippen LogP contribution in [0.2, 0.25) is 0 Å². The van der Waals surface area contributed by atoms with Gasteiger partial charge >= 0.3 is 0 Å². The highest BCUT2D eigenvalue weighted by Gasteiger charge is 2.18. The molecule has 1 aliphatic rings. The fourth-order valence-electron chi connectivity index (χ4n) is 2.44. The highest BCUT2D eigenvalue weighted by Crippen LogP contribution is 2.31. The molecule has 0 aromatic heterocycles. The molecule has 94 valence electrons. The van der Waals surface area contributed by atoms with Crippen LogP contribution < -0.4 is 10.1 Å². The molecular weight excluding hydrogens is 210 g/mol. The summed E-state index contributed by atoms with van der Waals surface area (Å²) >= 11 is 0. The first-order valence-corrected chi connectivity index (χ1v) is 6.63. The Morgan fingerprint density at radius 3 is 2.94 bits per heavy atom. The van der Waals surface area contributed by atoms with Crippen molar-refractivity contribution in [1.29, 1.82) is 0 Å². The van der Waals surface area contributed by atoms with Crippen molar-refractivity contribution in [3.8, 4) is 5.75 Å². The molecule has 0 aliphatic heterocycles. The number of hydrogen-bond donors (Lipinski definition) is 1. The molecule has 17 heavy (non-hydrogen) atoms. The molecule has 0 saturated heterocycles. The standard InChI is InChI=1S/C15H23NO/c1-11(2)10-17-13-7-8-14-12(9-13)5-4-6-15(14)16-3/h7-9,11,15-16H,4-6,10H2,1-3H3. The van der Waals surface area contributed by atoms with E-state index in [0.717, 1.165) is 12.4 Å². The van der Waals surface area contributed by atoms with Gasteiger partial charge in [0.1, 0.15) is 5.75 Å². The maximum atomic E-state index is 5.78. The summed E-state index contributed by atoms with van der Waals surface area (Å²) in [7, 11) is 2.04. The van der Waals surface area contributed by atoms with Gasteiger partial charge in [0, 0.05) is 6.04 Å². The second kappa shape index (κ2) is 5.54. The highest BCUT2D eigenvalue weighted by molar-refractivity contribution is 5.39. The van der Waals surface area contributed by atoms with Gasteiger partial charge in [0.15, 0.2) is 0 Å². The zero-order valence-electron chi connectivity index (χ0n) is 11.1. The number of aryl methyl sites for hydroxylation is 1. The van der Waals surface area contributed by atoms with Crippen LogP contribution in [0.15, 0.2) is 18.2 Å². The molecule has 2 rings (SSSR count). The summed E-state index contributed by atoms with van der Waals surface area (Å²) in [5.74, 6) is 1.60. The minimum atomic E-state index is 0.526. The van der Waals surface area contributed by atoms with Crippen LogP contribution in [0.1, 0.15) is 43.9 Å². The normalized spacial score (nSPS) is 19.2. The Hall–Kier alpha value is -1.02. The Morgan fingerprint density at radius 1 is 1.41 bits per heavy atom. The van der Waals surface area contributed by atoms with E-state index in [9.17, 15) is 0 Å². The van der Waals surface area contributed by atoms with Gasteiger partial charge in [-0.05, 0) is 55.5 Å². The minimum Gasteiger partial charge on any atom is -0.493 e. The van der Waals surface area contributed by atoms with Crippen molar-refractivity contribution in [2.24, 2.45) is 5.92 Å². The lowest BCUT2D eigenvalue weighted by molar-refractivity contribution is 0.270. The predicted octanol–water partition coefficient (Wildman–Crippen LogP) is 3.32. The second-order valence-corrected chi connectivity index (χ2v) is 5.30. The van der Waals surface area contributed by atoms with Gasteiger partial charge < -0.3 is 10.1 Å². The largest absolute Gasteiger partial charge is 0.493 e. The molecule has 1 atom stereocenters. The predicted molar refractivity (Wildman–Crippen MR) is 71.5 cm³/mol. The van der Waals surface area contributed by atoms with E-state index in [1.165, 1.54) is 30.4 Å². The average molecular weight is 233 g/mol. The van der Waals surface area contributed by atoms with Gasteiger partial charge in [0.25, 0.3) is 0 Å². The summed E-state index contributed by atoms with van der Waals surface area (Å²) in [6, 6.07) is 7.08. The molecule has 2 heteroatoms. The van der Waals surface area contributed by atoms with E-state index in [2.05, 4.69) is 37.4 Å². The van der Waals surface area contributed by atoms with Crippen LogP contribution >= 0.6 is 0 Å². The summed E-state index contributed by atoms with van der Waals surface area (Å²) in [5.41, 5.74) is 2.91. The topological polar surface area (TPSA) is 21.3 Å². The van der Waals surface area contributed by atoms with Crippen molar-refractivity contribution in [3.05, 3.63) is 29.3 Å². The first-order chi connectivity index (χ1) is 8.20. The Balaban J connectivity index is 2.13. The Kier molecular flexibility index (Phi) is 4.06. The molecule has 0 spiro atoms. The van der Waals surface area contributed by atoms with Crippen LogP contribution in [-0.4, -0.2) is 13.7 Å². The first-order valence-electron chi connectivity index (χ1n) is 6.63. The number of ether oxygens (including phenoxy) is 1. The molecular formula is C15H23NO. The number of rotatable bonds is 4. The maximum absolute atomic E-state index is 5.78. The van der Waals surface area contributed by atoms with Crippen LogP contribution in [-0.2, 0) is 6.42 Å². The monoisotopic (exact) mass is 233 g/mol. The van der Waals surface area contributed by atoms with Gasteiger partial charge in [-0.3, -0.25) is 0 Å². The molecule has 0 heterocycles. The third-order valence-corrected chi connectivity index (χ3v) is 3.36. The van der Waals surface area contributed by atoms with Gasteiger partial charge in [-0.2, -0.15) is 0 Å². The number of benzene rings is 1. The van der Waals surface area contributed by atoms with Gasteiger partial charge in [0.2, 0.25) is 0 Å². The van der Waals surface area contributed by atoms with E-state index in [4.69, 9.17) is 4.74 Å². The van der Waals surface area contributed by atoms with Gasteiger partial charge in [0.05, 0.1) is 6.61 Å².